The first-order valence-electron chi connectivity index (χ1n) is 9.40. The van der Waals surface area contributed by atoms with Gasteiger partial charge in [0.15, 0.2) is 0 Å². The SMILES string of the molecule is CC1=CCC(=O)N1c1cnc(Oc2ccc(C)c3c2C2(CC2)CO3)c(C)c1. The lowest BCUT2D eigenvalue weighted by atomic mass is 9.95. The summed E-state index contributed by atoms with van der Waals surface area (Å²) in [5.74, 6) is 2.46. The third kappa shape index (κ3) is 2.45. The molecule has 1 saturated carbocycles. The Morgan fingerprint density at radius 2 is 2.00 bits per heavy atom. The van der Waals surface area contributed by atoms with E-state index in [2.05, 4.69) is 11.9 Å². The number of aryl methyl sites for hydroxylation is 2. The minimum Gasteiger partial charge on any atom is -0.492 e. The van der Waals surface area contributed by atoms with Crippen molar-refractivity contribution in [1.29, 1.82) is 0 Å². The fourth-order valence-electron chi connectivity index (χ4n) is 4.11. The summed E-state index contributed by atoms with van der Waals surface area (Å²) in [6.45, 7) is 6.72. The quantitative estimate of drug-likeness (QED) is 0.803. The summed E-state index contributed by atoms with van der Waals surface area (Å²) in [5.41, 5.74) is 5.11. The first kappa shape index (κ1) is 16.4. The monoisotopic (exact) mass is 362 g/mol. The van der Waals surface area contributed by atoms with Crippen LogP contribution in [0.15, 0.2) is 36.2 Å². The maximum atomic E-state index is 12.1. The van der Waals surface area contributed by atoms with Crippen LogP contribution in [0.1, 0.15) is 42.9 Å². The number of ether oxygens (including phenoxy) is 2. The molecule has 0 radical (unpaired) electrons. The van der Waals surface area contributed by atoms with Crippen LogP contribution < -0.4 is 14.4 Å². The number of nitrogens with zero attached hydrogens (tertiary/aromatic N) is 2. The fraction of sp³-hybridized carbons (Fsp3) is 0.364. The van der Waals surface area contributed by atoms with Crippen molar-refractivity contribution < 1.29 is 14.3 Å². The maximum Gasteiger partial charge on any atom is 0.235 e. The van der Waals surface area contributed by atoms with Crippen molar-refractivity contribution in [2.24, 2.45) is 0 Å². The lowest BCUT2D eigenvalue weighted by molar-refractivity contribution is -0.116. The van der Waals surface area contributed by atoms with Gasteiger partial charge in [-0.2, -0.15) is 0 Å². The van der Waals surface area contributed by atoms with E-state index in [1.165, 1.54) is 5.56 Å². The third-order valence-corrected chi connectivity index (χ3v) is 5.85. The first-order valence-corrected chi connectivity index (χ1v) is 9.40. The number of hydrogen-bond donors (Lipinski definition) is 0. The number of amides is 1. The topological polar surface area (TPSA) is 51.7 Å². The average molecular weight is 362 g/mol. The molecule has 1 aliphatic carbocycles. The van der Waals surface area contributed by atoms with Gasteiger partial charge in [-0.3, -0.25) is 9.69 Å². The van der Waals surface area contributed by atoms with Crippen LogP contribution in [0.3, 0.4) is 0 Å². The minimum absolute atomic E-state index is 0.0755. The van der Waals surface area contributed by atoms with Crippen LogP contribution >= 0.6 is 0 Å². The van der Waals surface area contributed by atoms with Crippen LogP contribution in [0.25, 0.3) is 0 Å². The van der Waals surface area contributed by atoms with E-state index >= 15 is 0 Å². The summed E-state index contributed by atoms with van der Waals surface area (Å²) in [4.78, 5) is 18.3. The molecule has 0 N–H and O–H groups in total. The van der Waals surface area contributed by atoms with Crippen molar-refractivity contribution in [2.45, 2.75) is 45.4 Å². The van der Waals surface area contributed by atoms with Crippen molar-refractivity contribution in [3.05, 3.63) is 52.9 Å². The molecular weight excluding hydrogens is 340 g/mol. The Bertz CT molecular complexity index is 1000. The average Bonchev–Trinajstić information content (AvgIpc) is 3.20. The number of carbonyl (C=O) groups is 1. The summed E-state index contributed by atoms with van der Waals surface area (Å²) in [5, 5.41) is 0. The lowest BCUT2D eigenvalue weighted by Crippen LogP contribution is -2.23. The zero-order chi connectivity index (χ0) is 18.8. The van der Waals surface area contributed by atoms with Crippen molar-refractivity contribution >= 4 is 11.6 Å². The Kier molecular flexibility index (Phi) is 3.39. The van der Waals surface area contributed by atoms with E-state index in [1.54, 1.807) is 11.1 Å². The Hall–Kier alpha value is -2.82. The Balaban J connectivity index is 1.49. The number of benzene rings is 1. The molecule has 138 valence electrons. The Morgan fingerprint density at radius 3 is 2.67 bits per heavy atom. The fourth-order valence-corrected chi connectivity index (χ4v) is 4.11. The Labute approximate surface area is 158 Å². The summed E-state index contributed by atoms with van der Waals surface area (Å²) >= 11 is 0. The molecule has 2 aromatic rings. The highest BCUT2D eigenvalue weighted by Gasteiger charge is 2.53. The second-order valence-electron chi connectivity index (χ2n) is 7.85. The number of aromatic nitrogens is 1. The number of rotatable bonds is 3. The van der Waals surface area contributed by atoms with Crippen molar-refractivity contribution in [2.75, 3.05) is 11.5 Å². The molecule has 2 aliphatic heterocycles. The number of allylic oxidation sites excluding steroid dienone is 1. The normalized spacial score (nSPS) is 19.1. The standard InChI is InChI=1S/C22H22N2O3/c1-13-4-6-17(19-20(13)26-12-22(19)8-9-22)27-21-14(2)10-16(11-23-21)24-15(3)5-7-18(24)25/h4-6,10-11H,7-9,12H2,1-3H3. The molecule has 1 amide bonds. The number of pyridine rings is 1. The van der Waals surface area contributed by atoms with Gasteiger partial charge in [0.1, 0.15) is 11.5 Å². The molecule has 1 aromatic heterocycles. The van der Waals surface area contributed by atoms with Gasteiger partial charge < -0.3 is 9.47 Å². The maximum absolute atomic E-state index is 12.1. The second kappa shape index (κ2) is 5.59. The molecule has 0 saturated heterocycles. The van der Waals surface area contributed by atoms with Crippen LogP contribution in [0.4, 0.5) is 5.69 Å². The largest absolute Gasteiger partial charge is 0.492 e. The molecule has 3 heterocycles. The van der Waals surface area contributed by atoms with Gasteiger partial charge in [-0.1, -0.05) is 12.1 Å². The van der Waals surface area contributed by atoms with Crippen LogP contribution in [-0.4, -0.2) is 17.5 Å². The Morgan fingerprint density at radius 1 is 1.19 bits per heavy atom. The highest BCUT2D eigenvalue weighted by Crippen LogP contribution is 2.59. The molecule has 27 heavy (non-hydrogen) atoms. The van der Waals surface area contributed by atoms with Gasteiger partial charge in [-0.25, -0.2) is 4.98 Å². The smallest absolute Gasteiger partial charge is 0.235 e. The number of fused-ring (bicyclic) bond motifs is 2. The molecule has 5 nitrogen and oxygen atoms in total. The van der Waals surface area contributed by atoms with E-state index in [1.807, 2.05) is 38.1 Å². The van der Waals surface area contributed by atoms with E-state index in [9.17, 15) is 4.79 Å². The number of anilines is 1. The van der Waals surface area contributed by atoms with E-state index < -0.39 is 0 Å². The van der Waals surface area contributed by atoms with E-state index in [0.29, 0.717) is 12.3 Å². The van der Waals surface area contributed by atoms with Crippen LogP contribution in [0.2, 0.25) is 0 Å². The third-order valence-electron chi connectivity index (χ3n) is 5.85. The van der Waals surface area contributed by atoms with Gasteiger partial charge in [0.25, 0.3) is 0 Å². The highest BCUT2D eigenvalue weighted by atomic mass is 16.5. The molecule has 1 spiro atoms. The molecule has 0 unspecified atom stereocenters. The van der Waals surface area contributed by atoms with Crippen LogP contribution in [-0.2, 0) is 10.2 Å². The van der Waals surface area contributed by atoms with Crippen molar-refractivity contribution in [3.8, 4) is 17.4 Å². The van der Waals surface area contributed by atoms with Gasteiger partial charge in [-0.15, -0.1) is 0 Å². The van der Waals surface area contributed by atoms with E-state index in [4.69, 9.17) is 9.47 Å². The predicted octanol–water partition coefficient (Wildman–Crippen LogP) is 4.56. The first-order chi connectivity index (χ1) is 13.0. The van der Waals surface area contributed by atoms with Gasteiger partial charge >= 0.3 is 0 Å². The van der Waals surface area contributed by atoms with Crippen LogP contribution in [0, 0.1) is 13.8 Å². The molecule has 5 heteroatoms. The molecule has 0 atom stereocenters. The predicted molar refractivity (Wildman–Crippen MR) is 102 cm³/mol. The number of hydrogen-bond acceptors (Lipinski definition) is 4. The molecule has 0 bridgehead atoms. The minimum atomic E-state index is 0.0755. The van der Waals surface area contributed by atoms with Gasteiger partial charge in [0.05, 0.1) is 18.5 Å². The lowest BCUT2D eigenvalue weighted by Gasteiger charge is -2.19. The summed E-state index contributed by atoms with van der Waals surface area (Å²) in [6.07, 6.45) is 6.38. The van der Waals surface area contributed by atoms with Crippen molar-refractivity contribution in [3.63, 3.8) is 0 Å². The van der Waals surface area contributed by atoms with Crippen LogP contribution in [0.5, 0.6) is 17.4 Å². The van der Waals surface area contributed by atoms with Gasteiger partial charge in [0, 0.05) is 28.7 Å². The van der Waals surface area contributed by atoms with Gasteiger partial charge in [0.2, 0.25) is 11.8 Å². The molecule has 1 fully saturated rings. The van der Waals surface area contributed by atoms with Gasteiger partial charge in [-0.05, 0) is 51.3 Å². The molecule has 5 rings (SSSR count). The van der Waals surface area contributed by atoms with Crippen molar-refractivity contribution in [1.82, 2.24) is 4.98 Å². The highest BCUT2D eigenvalue weighted by molar-refractivity contribution is 5.99. The molecule has 3 aliphatic rings. The summed E-state index contributed by atoms with van der Waals surface area (Å²) in [6, 6.07) is 6.02. The molecule has 1 aromatic carbocycles. The number of carbonyl (C=O) groups excluding carboxylic acids is 1. The summed E-state index contributed by atoms with van der Waals surface area (Å²) in [7, 11) is 0. The molecular formula is C22H22N2O3. The second-order valence-corrected chi connectivity index (χ2v) is 7.85. The van der Waals surface area contributed by atoms with E-state index in [-0.39, 0.29) is 11.3 Å². The van der Waals surface area contributed by atoms with E-state index in [0.717, 1.165) is 53.5 Å². The zero-order valence-electron chi connectivity index (χ0n) is 15.8. The summed E-state index contributed by atoms with van der Waals surface area (Å²) < 4.78 is 12.2. The zero-order valence-corrected chi connectivity index (χ0v) is 15.8.